The van der Waals surface area contributed by atoms with Crippen molar-refractivity contribution < 1.29 is 153 Å². The standard InChI is InChI=1S/C16H27N5O2.C12H17ClN4O2.C7H15NO.C5H3Cl2N3O.C2H6.CH2O3.ClH.2K.H/c1-9-5-6-10(7-12(9)22)19-14-11(13(17)23)8-18-15(20-14)21-16(2,3)4;1-6-2-3-7(4-9(6)18)16-11-8(10(14)19)5-15-12(13)17-11;1-5-2-3-6(8)4-7(5)9;6-3-2(4(8)11)1-9-5(7)10-3;1-2;2-1-4-3;;;;/h8-10,12,22H,5-7H2,1-4H3,(H2,17,23)(H2,18,19,20,21);5-7,9,18H,2-4H2,1H3,(H2,14,19)(H,15,16,17);5-7,9H,2-4,8H2,1H3;1H,(H2,8,11);1-2H3;1,3H;1H;;;/q;;;;;;;2*+1;-1/p-1/i2D3;;;;;;;;;. The van der Waals surface area contributed by atoms with Crippen molar-refractivity contribution in [1.82, 2.24) is 29.9 Å². The maximum Gasteiger partial charge on any atom is 1.00 e. The zero-order valence-corrected chi connectivity index (χ0v) is 51.0. The monoisotopic (exact) mass is 1130 g/mol. The Kier molecular flexibility index (Phi) is 36.6. The van der Waals surface area contributed by atoms with E-state index in [2.05, 4.69) is 57.7 Å². The molecule has 3 aromatic rings. The molecule has 9 atom stereocenters. The molecule has 9 unspecified atom stereocenters. The molecule has 28 heteroatoms. The third kappa shape index (κ3) is 29.0. The van der Waals surface area contributed by atoms with Crippen LogP contribution >= 0.6 is 47.2 Å². The van der Waals surface area contributed by atoms with Gasteiger partial charge in [0.1, 0.15) is 16.8 Å². The quantitative estimate of drug-likeness (QED) is 0.0286. The molecule has 3 aliphatic carbocycles. The van der Waals surface area contributed by atoms with Crippen LogP contribution in [0.4, 0.5) is 17.6 Å². The molecule has 3 amide bonds. The van der Waals surface area contributed by atoms with E-state index in [0.717, 1.165) is 44.9 Å². The molecule has 392 valence electrons. The molecule has 3 aliphatic rings. The summed E-state index contributed by atoms with van der Waals surface area (Å²) in [6, 6.07) is 0.240. The smallest absolute Gasteiger partial charge is 1.00 e. The predicted molar refractivity (Wildman–Crippen MR) is 267 cm³/mol. The normalized spacial score (nSPS) is 23.7. The molecule has 0 spiro atoms. The Morgan fingerprint density at radius 3 is 1.48 bits per heavy atom. The minimum Gasteiger partial charge on any atom is -1.00 e. The minimum atomic E-state index is -2.27. The van der Waals surface area contributed by atoms with Crippen LogP contribution < -0.4 is 147 Å². The van der Waals surface area contributed by atoms with E-state index >= 15 is 0 Å². The topological polar surface area (TPSA) is 379 Å². The molecule has 3 heterocycles. The number of halogens is 4. The Labute approximate surface area is 528 Å². The van der Waals surface area contributed by atoms with Gasteiger partial charge in [0.25, 0.3) is 24.2 Å². The third-order valence-electron chi connectivity index (χ3n) is 10.7. The van der Waals surface area contributed by atoms with Crippen LogP contribution in [0.3, 0.4) is 0 Å². The molecule has 3 saturated carbocycles. The fraction of sp³-hybridized carbons (Fsp3) is 0.628. The molecule has 0 aliphatic heterocycles. The van der Waals surface area contributed by atoms with Crippen molar-refractivity contribution in [3.63, 3.8) is 0 Å². The number of nitrogens with two attached hydrogens (primary N) is 4. The van der Waals surface area contributed by atoms with Crippen LogP contribution in [0.2, 0.25) is 15.7 Å². The van der Waals surface area contributed by atoms with Gasteiger partial charge < -0.3 is 65.8 Å². The van der Waals surface area contributed by atoms with Gasteiger partial charge in [0.15, 0.2) is 0 Å². The average Bonchev–Trinajstić information content (AvgIpc) is 3.28. The van der Waals surface area contributed by atoms with Crippen molar-refractivity contribution in [3.05, 3.63) is 51.0 Å². The average molecular weight is 1140 g/mol. The molecule has 6 rings (SSSR count). The number of nitrogens with zero attached hydrogens (tertiary/aromatic N) is 6. The first-order chi connectivity index (χ1) is 33.1. The van der Waals surface area contributed by atoms with Crippen molar-refractivity contribution in [3.8, 4) is 0 Å². The second-order valence-electron chi connectivity index (χ2n) is 16.8. The summed E-state index contributed by atoms with van der Waals surface area (Å²) >= 11 is 16.6. The largest absolute Gasteiger partial charge is 1.00 e. The molecule has 22 nitrogen and oxygen atoms in total. The molecule has 71 heavy (non-hydrogen) atoms. The molecule has 0 radical (unpaired) electrons. The zero-order chi connectivity index (χ0) is 54.4. The summed E-state index contributed by atoms with van der Waals surface area (Å²) < 4.78 is 22.8. The maximum absolute atomic E-state index is 11.7. The Morgan fingerprint density at radius 2 is 1.11 bits per heavy atom. The number of aliphatic hydroxyl groups is 3. The number of carbonyl (C=O) groups is 4. The minimum absolute atomic E-state index is 0. The first-order valence-corrected chi connectivity index (χ1v) is 23.0. The number of primary amides is 3. The molecule has 14 N–H and O–H groups in total. The molecule has 0 aromatic carbocycles. The van der Waals surface area contributed by atoms with Gasteiger partial charge in [0, 0.05) is 46.4 Å². The SMILES string of the molecule is CC.CC1CCC(N)CC1O.CC1CCC(Nc2nc(Cl)ncc2C(N)=O)CC1O.Cl.NC(=O)c1cnc(Cl)nc1Cl.O=CO[O-].[2H]C([2H])([2H])C(C)(C)Nc1ncc(C(N)=O)c(NC2CCC(C)C(O)C2)n1.[H-].[K+].[K+]. The number of carbonyl (C=O) groups excluding carboxylic acids is 4. The summed E-state index contributed by atoms with van der Waals surface area (Å²) in [4.78, 5) is 67.8. The number of aliphatic hydroxyl groups excluding tert-OH is 3. The van der Waals surface area contributed by atoms with Crippen LogP contribution in [0.25, 0.3) is 0 Å². The van der Waals surface area contributed by atoms with Gasteiger partial charge in [-0.05, 0) is 119 Å². The van der Waals surface area contributed by atoms with Crippen molar-refractivity contribution >= 4 is 89.0 Å². The van der Waals surface area contributed by atoms with Crippen LogP contribution in [-0.4, -0.2) is 111 Å². The van der Waals surface area contributed by atoms with Gasteiger partial charge in [0.2, 0.25) is 16.5 Å². The number of amides is 3. The third-order valence-corrected chi connectivity index (χ3v) is 11.4. The van der Waals surface area contributed by atoms with E-state index in [-0.39, 0.29) is 204 Å². The van der Waals surface area contributed by atoms with Crippen LogP contribution in [0, 0.1) is 17.8 Å². The Balaban J connectivity index is -0.000000452. The van der Waals surface area contributed by atoms with E-state index in [4.69, 9.17) is 71.9 Å². The Hall–Kier alpha value is -1.25. The number of hydrogen-bond acceptors (Lipinski definition) is 19. The summed E-state index contributed by atoms with van der Waals surface area (Å²) in [5.74, 6) is -0.320. The summed E-state index contributed by atoms with van der Waals surface area (Å²) in [5.41, 5.74) is 20.3. The Morgan fingerprint density at radius 1 is 0.732 bits per heavy atom. The van der Waals surface area contributed by atoms with Gasteiger partial charge >= 0.3 is 103 Å². The van der Waals surface area contributed by atoms with E-state index in [0.29, 0.717) is 30.5 Å². The van der Waals surface area contributed by atoms with Gasteiger partial charge in [-0.2, -0.15) is 9.97 Å². The van der Waals surface area contributed by atoms with E-state index in [1.165, 1.54) is 32.4 Å². The van der Waals surface area contributed by atoms with Gasteiger partial charge in [0.05, 0.1) is 35.0 Å². The number of anilines is 3. The molecular weight excluding hydrogens is 1060 g/mol. The van der Waals surface area contributed by atoms with E-state index in [1.54, 1.807) is 0 Å². The fourth-order valence-corrected chi connectivity index (χ4v) is 7.28. The van der Waals surface area contributed by atoms with Crippen LogP contribution in [-0.2, 0) is 9.68 Å². The number of nitrogens with one attached hydrogen (secondary N) is 3. The van der Waals surface area contributed by atoms with Crippen LogP contribution in [0.1, 0.15) is 150 Å². The van der Waals surface area contributed by atoms with E-state index in [1.807, 2.05) is 27.7 Å². The summed E-state index contributed by atoms with van der Waals surface area (Å²) in [5, 5.41) is 46.7. The second kappa shape index (κ2) is 38.3. The van der Waals surface area contributed by atoms with Crippen molar-refractivity contribution in [2.45, 2.75) is 155 Å². The van der Waals surface area contributed by atoms with Crippen molar-refractivity contribution in [2.24, 2.45) is 40.7 Å². The number of rotatable bonds is 9. The van der Waals surface area contributed by atoms with Crippen molar-refractivity contribution in [1.29, 1.82) is 0 Å². The van der Waals surface area contributed by atoms with E-state index in [9.17, 15) is 29.7 Å². The maximum atomic E-state index is 11.7. The van der Waals surface area contributed by atoms with Crippen LogP contribution in [0.15, 0.2) is 18.6 Å². The number of hydrogen-bond donors (Lipinski definition) is 10. The molecule has 0 bridgehead atoms. The Bertz CT molecular complexity index is 2180. The van der Waals surface area contributed by atoms with Gasteiger partial charge in [-0.1, -0.05) is 46.2 Å². The zero-order valence-electron chi connectivity index (χ0n) is 45.7. The summed E-state index contributed by atoms with van der Waals surface area (Å²) in [7, 11) is 0. The second-order valence-corrected chi connectivity index (χ2v) is 17.8. The van der Waals surface area contributed by atoms with E-state index < -0.39 is 36.2 Å². The fourth-order valence-electron chi connectivity index (χ4n) is 6.74. The molecule has 3 fully saturated rings. The summed E-state index contributed by atoms with van der Waals surface area (Å²) in [6.45, 7) is 10.7. The first kappa shape index (κ1) is 67.8. The van der Waals surface area contributed by atoms with Gasteiger partial charge in [-0.15, -0.1) is 12.4 Å². The molecule has 0 saturated heterocycles. The first-order valence-electron chi connectivity index (χ1n) is 23.4. The van der Waals surface area contributed by atoms with Gasteiger partial charge in [-0.25, -0.2) is 19.9 Å². The van der Waals surface area contributed by atoms with Crippen molar-refractivity contribution in [2.75, 3.05) is 16.0 Å². The predicted octanol–water partition coefficient (Wildman–Crippen LogP) is -1.68. The summed E-state index contributed by atoms with van der Waals surface area (Å²) in [6.07, 6.45) is 10.5. The number of aromatic nitrogens is 6. The molecule has 3 aromatic heterocycles. The van der Waals surface area contributed by atoms with Gasteiger partial charge in [-0.3, -0.25) is 19.2 Å². The van der Waals surface area contributed by atoms with Crippen LogP contribution in [0.5, 0.6) is 0 Å². The molecular formula is C43H71Cl4K2N13O9.